The van der Waals surface area contributed by atoms with Gasteiger partial charge in [0.15, 0.2) is 0 Å². The highest BCUT2D eigenvalue weighted by atomic mass is 32.2. The summed E-state index contributed by atoms with van der Waals surface area (Å²) < 4.78 is 42.2. The molecule has 1 heterocycles. The molecule has 0 unspecified atom stereocenters. The van der Waals surface area contributed by atoms with Crippen molar-refractivity contribution in [2.75, 3.05) is 13.7 Å². The Morgan fingerprint density at radius 1 is 1.24 bits per heavy atom. The number of carbonyl (C=O) groups excluding carboxylic acids is 1. The fourth-order valence-electron chi connectivity index (χ4n) is 2.69. The highest BCUT2D eigenvalue weighted by Gasteiger charge is 2.16. The van der Waals surface area contributed by atoms with Crippen LogP contribution in [0.5, 0.6) is 5.75 Å². The van der Waals surface area contributed by atoms with Crippen molar-refractivity contribution in [3.05, 3.63) is 65.5 Å². The minimum atomic E-state index is -3.93. The van der Waals surface area contributed by atoms with Gasteiger partial charge in [-0.1, -0.05) is 17.4 Å². The van der Waals surface area contributed by atoms with E-state index in [4.69, 9.17) is 9.47 Å². The molecule has 0 saturated heterocycles. The number of rotatable bonds is 7. The van der Waals surface area contributed by atoms with E-state index in [1.807, 2.05) is 0 Å². The molecule has 0 fully saturated rings. The summed E-state index contributed by atoms with van der Waals surface area (Å²) in [5, 5.41) is 0. The van der Waals surface area contributed by atoms with Crippen LogP contribution in [0.15, 0.2) is 64.4 Å². The van der Waals surface area contributed by atoms with Gasteiger partial charge in [-0.15, -0.1) is 11.0 Å². The molecule has 0 N–H and O–H groups in total. The van der Waals surface area contributed by atoms with E-state index in [2.05, 4.69) is 11.0 Å². The van der Waals surface area contributed by atoms with Crippen molar-refractivity contribution in [3.63, 3.8) is 0 Å². The molecule has 0 radical (unpaired) electrons. The third-order valence-electron chi connectivity index (χ3n) is 4.06. The van der Waals surface area contributed by atoms with Crippen molar-refractivity contribution in [1.29, 1.82) is 0 Å². The van der Waals surface area contributed by atoms with Crippen LogP contribution in [-0.4, -0.2) is 32.7 Å². The number of carbonyl (C=O) groups is 1. The van der Waals surface area contributed by atoms with Crippen molar-refractivity contribution in [2.45, 2.75) is 18.4 Å². The molecule has 9 heteroatoms. The van der Waals surface area contributed by atoms with E-state index in [0.717, 1.165) is 10.2 Å². The number of methoxy groups -OCH3 is 1. The summed E-state index contributed by atoms with van der Waals surface area (Å²) in [4.78, 5) is 12.4. The topological polar surface area (TPSA) is 87.0 Å². The van der Waals surface area contributed by atoms with E-state index in [1.165, 1.54) is 30.6 Å². The largest absolute Gasteiger partial charge is 0.497 e. The Labute approximate surface area is 172 Å². The third-order valence-corrected chi connectivity index (χ3v) is 6.50. The number of ether oxygens (including phenoxy) is 2. The standard InChI is InChI=1S/C20H20N2O5S2/c1-4-12-22-17-11-6-14(19(23)27-5-2)13-18(17)28-20(22)21-29(24,25)16-9-7-15(26-3)8-10-16/h4,6-11,13H,1,5,12H2,2-3H3. The summed E-state index contributed by atoms with van der Waals surface area (Å²) in [5.74, 6) is 0.126. The van der Waals surface area contributed by atoms with Gasteiger partial charge in [-0.25, -0.2) is 4.79 Å². The lowest BCUT2D eigenvalue weighted by Crippen LogP contribution is -2.16. The number of aromatic nitrogens is 1. The van der Waals surface area contributed by atoms with Crippen molar-refractivity contribution in [3.8, 4) is 5.75 Å². The molecule has 7 nitrogen and oxygen atoms in total. The molecule has 152 valence electrons. The van der Waals surface area contributed by atoms with E-state index < -0.39 is 16.0 Å². The number of thiazole rings is 1. The van der Waals surface area contributed by atoms with Crippen LogP contribution in [0.2, 0.25) is 0 Å². The van der Waals surface area contributed by atoms with Crippen LogP contribution < -0.4 is 9.54 Å². The number of nitrogens with zero attached hydrogens (tertiary/aromatic N) is 2. The number of hydrogen-bond donors (Lipinski definition) is 0. The third kappa shape index (κ3) is 4.41. The van der Waals surface area contributed by atoms with Crippen LogP contribution in [0.25, 0.3) is 10.2 Å². The molecule has 3 rings (SSSR count). The summed E-state index contributed by atoms with van der Waals surface area (Å²) in [6, 6.07) is 11.1. The lowest BCUT2D eigenvalue weighted by atomic mass is 10.2. The predicted molar refractivity (Wildman–Crippen MR) is 112 cm³/mol. The van der Waals surface area contributed by atoms with Crippen LogP contribution in [0, 0.1) is 0 Å². The molecule has 0 spiro atoms. The maximum absolute atomic E-state index is 12.8. The smallest absolute Gasteiger partial charge is 0.338 e. The van der Waals surface area contributed by atoms with E-state index >= 15 is 0 Å². The summed E-state index contributed by atoms with van der Waals surface area (Å²) >= 11 is 1.18. The number of fused-ring (bicyclic) bond motifs is 1. The number of esters is 1. The SMILES string of the molecule is C=CCn1c(=NS(=O)(=O)c2ccc(OC)cc2)sc2cc(C(=O)OCC)ccc21. The first-order chi connectivity index (χ1) is 13.9. The van der Waals surface area contributed by atoms with Crippen LogP contribution in [-0.2, 0) is 21.3 Å². The second-order valence-corrected chi connectivity index (χ2v) is 8.54. The van der Waals surface area contributed by atoms with Crippen molar-refractivity contribution < 1.29 is 22.7 Å². The molecule has 2 aromatic carbocycles. The van der Waals surface area contributed by atoms with Crippen LogP contribution >= 0.6 is 11.3 Å². The minimum absolute atomic E-state index is 0.0631. The fourth-order valence-corrected chi connectivity index (χ4v) is 4.97. The summed E-state index contributed by atoms with van der Waals surface area (Å²) in [5.41, 5.74) is 1.16. The lowest BCUT2D eigenvalue weighted by molar-refractivity contribution is 0.0526. The Balaban J connectivity index is 2.14. The van der Waals surface area contributed by atoms with Gasteiger partial charge in [-0.2, -0.15) is 8.42 Å². The van der Waals surface area contributed by atoms with E-state index in [0.29, 0.717) is 17.9 Å². The molecular weight excluding hydrogens is 412 g/mol. The van der Waals surface area contributed by atoms with Gasteiger partial charge in [0.1, 0.15) is 5.75 Å². The highest BCUT2D eigenvalue weighted by Crippen LogP contribution is 2.22. The molecule has 3 aromatic rings. The molecule has 0 atom stereocenters. The quantitative estimate of drug-likeness (QED) is 0.422. The molecule has 0 aliphatic heterocycles. The Morgan fingerprint density at radius 2 is 1.97 bits per heavy atom. The summed E-state index contributed by atoms with van der Waals surface area (Å²) in [6.07, 6.45) is 1.66. The molecule has 0 saturated carbocycles. The Bertz CT molecular complexity index is 1220. The zero-order valence-corrected chi connectivity index (χ0v) is 17.6. The van der Waals surface area contributed by atoms with Gasteiger partial charge >= 0.3 is 5.97 Å². The van der Waals surface area contributed by atoms with Crippen LogP contribution in [0.1, 0.15) is 17.3 Å². The normalized spacial score (nSPS) is 12.1. The van der Waals surface area contributed by atoms with Crippen molar-refractivity contribution in [2.24, 2.45) is 4.40 Å². The van der Waals surface area contributed by atoms with E-state index in [9.17, 15) is 13.2 Å². The van der Waals surface area contributed by atoms with Gasteiger partial charge in [-0.05, 0) is 49.4 Å². The number of sulfonamides is 1. The molecule has 0 amide bonds. The average molecular weight is 433 g/mol. The second-order valence-electron chi connectivity index (χ2n) is 5.93. The highest BCUT2D eigenvalue weighted by molar-refractivity contribution is 7.90. The molecule has 1 aromatic heterocycles. The maximum Gasteiger partial charge on any atom is 0.338 e. The average Bonchev–Trinajstić information content (AvgIpc) is 3.04. The first kappa shape index (κ1) is 20.8. The second kappa shape index (κ2) is 8.62. The van der Waals surface area contributed by atoms with Gasteiger partial charge in [-0.3, -0.25) is 0 Å². The number of hydrogen-bond acceptors (Lipinski definition) is 6. The van der Waals surface area contributed by atoms with Gasteiger partial charge in [0.05, 0.1) is 34.4 Å². The molecule has 0 bridgehead atoms. The first-order valence-corrected chi connectivity index (χ1v) is 11.0. The molecule has 0 aliphatic carbocycles. The van der Waals surface area contributed by atoms with Gasteiger partial charge in [0, 0.05) is 6.54 Å². The minimum Gasteiger partial charge on any atom is -0.497 e. The maximum atomic E-state index is 12.8. The predicted octanol–water partition coefficient (Wildman–Crippen LogP) is 3.36. The number of benzene rings is 2. The Kier molecular flexibility index (Phi) is 6.19. The van der Waals surface area contributed by atoms with Crippen LogP contribution in [0.3, 0.4) is 0 Å². The molecule has 29 heavy (non-hydrogen) atoms. The van der Waals surface area contributed by atoms with Gasteiger partial charge < -0.3 is 14.0 Å². The lowest BCUT2D eigenvalue weighted by Gasteiger charge is -2.04. The van der Waals surface area contributed by atoms with E-state index in [-0.39, 0.29) is 16.3 Å². The zero-order valence-electron chi connectivity index (χ0n) is 16.0. The zero-order chi connectivity index (χ0) is 21.0. The summed E-state index contributed by atoms with van der Waals surface area (Å²) in [7, 11) is -2.42. The molecular formula is C20H20N2O5S2. The van der Waals surface area contributed by atoms with E-state index in [1.54, 1.807) is 47.9 Å². The molecule has 0 aliphatic rings. The van der Waals surface area contributed by atoms with Crippen molar-refractivity contribution in [1.82, 2.24) is 4.57 Å². The summed E-state index contributed by atoms with van der Waals surface area (Å²) in [6.45, 7) is 6.12. The first-order valence-electron chi connectivity index (χ1n) is 8.76. The monoisotopic (exact) mass is 432 g/mol. The van der Waals surface area contributed by atoms with Crippen molar-refractivity contribution >= 4 is 37.5 Å². The Hall–Kier alpha value is -2.91. The Morgan fingerprint density at radius 3 is 2.59 bits per heavy atom. The fraction of sp³-hybridized carbons (Fsp3) is 0.200. The number of allylic oxidation sites excluding steroid dienone is 1. The van der Waals surface area contributed by atoms with Gasteiger partial charge in [0.25, 0.3) is 10.0 Å². The van der Waals surface area contributed by atoms with Gasteiger partial charge in [0.2, 0.25) is 4.80 Å². The van der Waals surface area contributed by atoms with Crippen LogP contribution in [0.4, 0.5) is 0 Å².